The topological polar surface area (TPSA) is 69.5 Å². The van der Waals surface area contributed by atoms with Crippen LogP contribution in [0, 0.1) is 6.92 Å². The fourth-order valence-electron chi connectivity index (χ4n) is 3.60. The van der Waals surface area contributed by atoms with E-state index in [2.05, 4.69) is 4.98 Å². The van der Waals surface area contributed by atoms with Gasteiger partial charge in [0, 0.05) is 51.0 Å². The Kier molecular flexibility index (Phi) is 4.41. The van der Waals surface area contributed by atoms with Gasteiger partial charge >= 0.3 is 5.69 Å². The van der Waals surface area contributed by atoms with Gasteiger partial charge < -0.3 is 4.90 Å². The number of fused-ring (bicyclic) bond motifs is 3. The predicted molar refractivity (Wildman–Crippen MR) is 115 cm³/mol. The van der Waals surface area contributed by atoms with Crippen molar-refractivity contribution in [2.24, 2.45) is 7.05 Å². The predicted octanol–water partition coefficient (Wildman–Crippen LogP) is 2.09. The van der Waals surface area contributed by atoms with Crippen molar-refractivity contribution in [1.82, 2.24) is 23.1 Å². The van der Waals surface area contributed by atoms with Crippen LogP contribution in [0.4, 0.5) is 5.69 Å². The van der Waals surface area contributed by atoms with E-state index in [9.17, 15) is 9.59 Å². The molecule has 0 atom stereocenters. The van der Waals surface area contributed by atoms with Crippen LogP contribution in [0.5, 0.6) is 0 Å². The van der Waals surface area contributed by atoms with E-state index >= 15 is 0 Å². The zero-order valence-electron chi connectivity index (χ0n) is 17.2. The van der Waals surface area contributed by atoms with E-state index in [4.69, 9.17) is 0 Å². The number of rotatable bonds is 4. The Hall–Kier alpha value is -3.55. The van der Waals surface area contributed by atoms with Crippen LogP contribution in [0.1, 0.15) is 12.6 Å². The lowest BCUT2D eigenvalue weighted by molar-refractivity contribution is 0.666. The first-order chi connectivity index (χ1) is 13.8. The van der Waals surface area contributed by atoms with Crippen LogP contribution in [-0.4, -0.2) is 37.2 Å². The van der Waals surface area contributed by atoms with Crippen molar-refractivity contribution in [3.05, 3.63) is 69.1 Å². The Balaban J connectivity index is 2.02. The molecule has 150 valence electrons. The molecule has 0 aliphatic rings. The zero-order chi connectivity index (χ0) is 20.9. The quantitative estimate of drug-likeness (QED) is 0.499. The van der Waals surface area contributed by atoms with E-state index in [0.29, 0.717) is 16.9 Å². The Morgan fingerprint density at radius 3 is 2.45 bits per heavy atom. The van der Waals surface area contributed by atoms with Gasteiger partial charge in [0.05, 0.1) is 0 Å². The number of imidazole rings is 2. The molecule has 0 fully saturated rings. The number of hydrogen-bond donors (Lipinski definition) is 0. The van der Waals surface area contributed by atoms with Crippen molar-refractivity contribution < 1.29 is 0 Å². The molecule has 4 aromatic rings. The van der Waals surface area contributed by atoms with Crippen LogP contribution in [0.3, 0.4) is 0 Å². The number of benzene rings is 1. The van der Waals surface area contributed by atoms with Gasteiger partial charge in [0.15, 0.2) is 11.2 Å². The lowest BCUT2D eigenvalue weighted by Crippen LogP contribution is -2.39. The highest BCUT2D eigenvalue weighted by molar-refractivity contribution is 5.76. The fourth-order valence-corrected chi connectivity index (χ4v) is 3.60. The van der Waals surface area contributed by atoms with Crippen LogP contribution in [0.25, 0.3) is 22.6 Å². The monoisotopic (exact) mass is 392 g/mol. The van der Waals surface area contributed by atoms with Crippen molar-refractivity contribution in [3.63, 3.8) is 0 Å². The van der Waals surface area contributed by atoms with Gasteiger partial charge in [0.1, 0.15) is 0 Å². The molecule has 3 heterocycles. The summed E-state index contributed by atoms with van der Waals surface area (Å²) in [4.78, 5) is 32.5. The summed E-state index contributed by atoms with van der Waals surface area (Å²) in [6, 6.07) is 8.11. The van der Waals surface area contributed by atoms with Crippen molar-refractivity contribution in [1.29, 1.82) is 0 Å². The molecule has 0 saturated carbocycles. The summed E-state index contributed by atoms with van der Waals surface area (Å²) in [6.45, 7) is 4.06. The summed E-state index contributed by atoms with van der Waals surface area (Å²) in [7, 11) is 5.63. The van der Waals surface area contributed by atoms with Crippen LogP contribution in [-0.2, 0) is 13.6 Å². The molecular formula is C21H24N6O2. The number of anilines is 1. The minimum absolute atomic E-state index is 0.233. The summed E-state index contributed by atoms with van der Waals surface area (Å²) in [5, 5.41) is 0. The van der Waals surface area contributed by atoms with Gasteiger partial charge in [-0.05, 0) is 38.1 Å². The van der Waals surface area contributed by atoms with Gasteiger partial charge in [-0.1, -0.05) is 12.2 Å². The Morgan fingerprint density at radius 2 is 1.83 bits per heavy atom. The second-order valence-corrected chi connectivity index (χ2v) is 7.30. The Labute approximate surface area is 167 Å². The molecule has 0 bridgehead atoms. The van der Waals surface area contributed by atoms with Crippen LogP contribution >= 0.6 is 0 Å². The van der Waals surface area contributed by atoms with Crippen LogP contribution < -0.4 is 16.1 Å². The first-order valence-electron chi connectivity index (χ1n) is 9.44. The van der Waals surface area contributed by atoms with Gasteiger partial charge in [-0.15, -0.1) is 0 Å². The normalized spacial score (nSPS) is 11.9. The molecule has 8 heteroatoms. The van der Waals surface area contributed by atoms with E-state index in [0.717, 1.165) is 17.1 Å². The van der Waals surface area contributed by atoms with E-state index in [-0.39, 0.29) is 17.8 Å². The molecule has 0 unspecified atom stereocenters. The summed E-state index contributed by atoms with van der Waals surface area (Å²) in [5.74, 6) is 0.603. The SMILES string of the molecule is C/C=C/Cn1c(=O)c2c(nc3n(-c4ccc(N(C)C)cc4)c(C)cn23)n(C)c1=O. The molecule has 0 amide bonds. The Bertz CT molecular complexity index is 1360. The summed E-state index contributed by atoms with van der Waals surface area (Å²) < 4.78 is 6.43. The highest BCUT2D eigenvalue weighted by Gasteiger charge is 2.20. The van der Waals surface area contributed by atoms with Crippen LogP contribution in [0.15, 0.2) is 52.2 Å². The van der Waals surface area contributed by atoms with E-state index in [1.54, 1.807) is 17.5 Å². The molecular weight excluding hydrogens is 368 g/mol. The number of aromatic nitrogens is 5. The average Bonchev–Trinajstić information content (AvgIpc) is 3.21. The van der Waals surface area contributed by atoms with E-state index < -0.39 is 0 Å². The lowest BCUT2D eigenvalue weighted by atomic mass is 10.2. The minimum atomic E-state index is -0.375. The van der Waals surface area contributed by atoms with Crippen molar-refractivity contribution in [2.75, 3.05) is 19.0 Å². The van der Waals surface area contributed by atoms with Crippen molar-refractivity contribution in [2.45, 2.75) is 20.4 Å². The smallest absolute Gasteiger partial charge is 0.332 e. The third-order valence-corrected chi connectivity index (χ3v) is 5.17. The fraction of sp³-hybridized carbons (Fsp3) is 0.286. The number of nitrogens with zero attached hydrogens (tertiary/aromatic N) is 6. The second kappa shape index (κ2) is 6.80. The van der Waals surface area contributed by atoms with Crippen LogP contribution in [0.2, 0.25) is 0 Å². The average molecular weight is 392 g/mol. The minimum Gasteiger partial charge on any atom is -0.378 e. The van der Waals surface area contributed by atoms with Gasteiger partial charge in [-0.2, -0.15) is 4.98 Å². The zero-order valence-corrected chi connectivity index (χ0v) is 17.2. The third kappa shape index (κ3) is 2.79. The third-order valence-electron chi connectivity index (χ3n) is 5.17. The molecule has 0 aliphatic carbocycles. The highest BCUT2D eigenvalue weighted by Crippen LogP contribution is 2.22. The second-order valence-electron chi connectivity index (χ2n) is 7.30. The maximum absolute atomic E-state index is 13.1. The van der Waals surface area contributed by atoms with Gasteiger partial charge in [-0.25, -0.2) is 4.79 Å². The molecule has 0 saturated heterocycles. The van der Waals surface area contributed by atoms with Gasteiger partial charge in [-0.3, -0.25) is 22.9 Å². The number of allylic oxidation sites excluding steroid dienone is 2. The van der Waals surface area contributed by atoms with Gasteiger partial charge in [0.25, 0.3) is 5.56 Å². The highest BCUT2D eigenvalue weighted by atomic mass is 16.2. The molecule has 4 rings (SSSR count). The standard InChI is InChI=1S/C21H24N6O2/c1-6-7-12-25-19(28)17-18(24(5)21(25)29)22-20-26(17)13-14(2)27(20)16-10-8-15(9-11-16)23(3)4/h6-11,13H,12H2,1-5H3/b7-6+. The number of aryl methyl sites for hydroxylation is 2. The number of hydrogen-bond acceptors (Lipinski definition) is 4. The molecule has 29 heavy (non-hydrogen) atoms. The first-order valence-corrected chi connectivity index (χ1v) is 9.44. The largest absolute Gasteiger partial charge is 0.378 e. The Morgan fingerprint density at radius 1 is 1.14 bits per heavy atom. The molecule has 0 N–H and O–H groups in total. The van der Waals surface area contributed by atoms with Crippen molar-refractivity contribution in [3.8, 4) is 5.69 Å². The lowest BCUT2D eigenvalue weighted by Gasteiger charge is -2.13. The van der Waals surface area contributed by atoms with E-state index in [1.165, 1.54) is 9.13 Å². The first kappa shape index (κ1) is 18.8. The molecule has 1 aromatic carbocycles. The maximum Gasteiger partial charge on any atom is 0.332 e. The molecule has 0 aliphatic heterocycles. The summed E-state index contributed by atoms with van der Waals surface area (Å²) in [5.41, 5.74) is 3.05. The maximum atomic E-state index is 13.1. The molecule has 8 nitrogen and oxygen atoms in total. The molecule has 3 aromatic heterocycles. The molecule has 0 spiro atoms. The van der Waals surface area contributed by atoms with Gasteiger partial charge in [0.2, 0.25) is 5.78 Å². The molecule has 0 radical (unpaired) electrons. The van der Waals surface area contributed by atoms with Crippen molar-refractivity contribution >= 4 is 22.6 Å². The van der Waals surface area contributed by atoms with E-state index in [1.807, 2.05) is 73.9 Å². The summed E-state index contributed by atoms with van der Waals surface area (Å²) in [6.07, 6.45) is 5.49. The summed E-state index contributed by atoms with van der Waals surface area (Å²) >= 11 is 0.